The average molecular weight is 402 g/mol. The van der Waals surface area contributed by atoms with Gasteiger partial charge in [-0.25, -0.2) is 0 Å². The second-order valence-corrected chi connectivity index (χ2v) is 8.97. The van der Waals surface area contributed by atoms with Crippen molar-refractivity contribution in [2.75, 3.05) is 11.9 Å². The normalized spacial score (nSPS) is 15.5. The van der Waals surface area contributed by atoms with Crippen molar-refractivity contribution in [3.05, 3.63) is 71.8 Å². The van der Waals surface area contributed by atoms with Crippen molar-refractivity contribution < 1.29 is 9.53 Å². The van der Waals surface area contributed by atoms with E-state index in [9.17, 15) is 4.79 Å². The Morgan fingerprint density at radius 3 is 2.30 bits per heavy atom. The molecule has 3 aromatic rings. The van der Waals surface area contributed by atoms with Crippen LogP contribution in [0.2, 0.25) is 0 Å². The molecule has 1 aliphatic carbocycles. The van der Waals surface area contributed by atoms with E-state index in [0.29, 0.717) is 12.5 Å². The van der Waals surface area contributed by atoms with Crippen molar-refractivity contribution in [1.82, 2.24) is 0 Å². The third-order valence-corrected chi connectivity index (χ3v) is 6.20. The maximum Gasteiger partial charge on any atom is 0.235 e. The van der Waals surface area contributed by atoms with Crippen LogP contribution in [0.25, 0.3) is 10.8 Å². The molecule has 0 atom stereocenters. The number of hydrogen-bond donors (Lipinski definition) is 1. The van der Waals surface area contributed by atoms with Crippen LogP contribution in [0.15, 0.2) is 60.7 Å². The lowest BCUT2D eigenvalue weighted by Gasteiger charge is -2.29. The van der Waals surface area contributed by atoms with E-state index in [1.165, 1.54) is 5.56 Å². The molecule has 0 aliphatic heterocycles. The molecule has 30 heavy (non-hydrogen) atoms. The second-order valence-electron chi connectivity index (χ2n) is 8.97. The van der Waals surface area contributed by atoms with E-state index in [1.807, 2.05) is 24.3 Å². The number of carbonyl (C=O) groups excluding carboxylic acids is 1. The van der Waals surface area contributed by atoms with Crippen LogP contribution in [0.3, 0.4) is 0 Å². The van der Waals surface area contributed by atoms with Crippen molar-refractivity contribution in [3.8, 4) is 5.75 Å². The highest BCUT2D eigenvalue weighted by atomic mass is 16.5. The number of anilines is 1. The Kier molecular flexibility index (Phi) is 5.80. The molecule has 0 radical (unpaired) electrons. The number of ether oxygens (including phenoxy) is 1. The van der Waals surface area contributed by atoms with Crippen molar-refractivity contribution in [3.63, 3.8) is 0 Å². The van der Waals surface area contributed by atoms with Crippen LogP contribution in [-0.2, 0) is 10.2 Å². The summed E-state index contributed by atoms with van der Waals surface area (Å²) in [5, 5.41) is 5.33. The highest BCUT2D eigenvalue weighted by Gasteiger charge is 2.42. The third kappa shape index (κ3) is 3.94. The maximum absolute atomic E-state index is 13.6. The summed E-state index contributed by atoms with van der Waals surface area (Å²) in [5.41, 5.74) is 2.76. The van der Waals surface area contributed by atoms with Gasteiger partial charge in [0, 0.05) is 16.5 Å². The topological polar surface area (TPSA) is 38.3 Å². The van der Waals surface area contributed by atoms with E-state index in [2.05, 4.69) is 62.5 Å². The molecule has 0 aromatic heterocycles. The molecule has 1 fully saturated rings. The van der Waals surface area contributed by atoms with Gasteiger partial charge in [0.15, 0.2) is 0 Å². The molecule has 3 nitrogen and oxygen atoms in total. The summed E-state index contributed by atoms with van der Waals surface area (Å²) in [6.07, 6.45) is 3.97. The zero-order valence-corrected chi connectivity index (χ0v) is 18.2. The first-order valence-electron chi connectivity index (χ1n) is 11.0. The maximum atomic E-state index is 13.6. The lowest BCUT2D eigenvalue weighted by molar-refractivity contribution is -0.121. The minimum atomic E-state index is -0.443. The minimum Gasteiger partial charge on any atom is -0.493 e. The second kappa shape index (κ2) is 8.51. The first-order chi connectivity index (χ1) is 14.5. The lowest BCUT2D eigenvalue weighted by Crippen LogP contribution is -2.38. The Labute approximate surface area is 179 Å². The number of rotatable bonds is 6. The van der Waals surface area contributed by atoms with Gasteiger partial charge in [0.1, 0.15) is 5.75 Å². The number of fused-ring (bicyclic) bond motifs is 1. The summed E-state index contributed by atoms with van der Waals surface area (Å²) in [5.74, 6) is 1.43. The number of aryl methyl sites for hydroxylation is 1. The van der Waals surface area contributed by atoms with Crippen LogP contribution in [0.4, 0.5) is 5.69 Å². The van der Waals surface area contributed by atoms with Gasteiger partial charge in [-0.05, 0) is 43.4 Å². The SMILES string of the molecule is Cc1ccc(C2(C(=O)Nc3ccc(OCC(C)C)c4ccccc34)CCCC2)cc1. The van der Waals surface area contributed by atoms with Crippen molar-refractivity contribution in [2.24, 2.45) is 5.92 Å². The predicted molar refractivity (Wildman–Crippen MR) is 124 cm³/mol. The highest BCUT2D eigenvalue weighted by Crippen LogP contribution is 2.43. The largest absolute Gasteiger partial charge is 0.493 e. The first kappa shape index (κ1) is 20.5. The number of carbonyl (C=O) groups is 1. The van der Waals surface area contributed by atoms with Gasteiger partial charge in [0.2, 0.25) is 5.91 Å². The van der Waals surface area contributed by atoms with E-state index in [4.69, 9.17) is 4.74 Å². The molecule has 1 aliphatic rings. The molecule has 1 N–H and O–H groups in total. The zero-order chi connectivity index (χ0) is 21.1. The molecule has 156 valence electrons. The van der Waals surface area contributed by atoms with Gasteiger partial charge in [-0.3, -0.25) is 4.79 Å². The molecule has 0 heterocycles. The quantitative estimate of drug-likeness (QED) is 0.503. The summed E-state index contributed by atoms with van der Waals surface area (Å²) in [4.78, 5) is 13.6. The van der Waals surface area contributed by atoms with Crippen LogP contribution in [0.5, 0.6) is 5.75 Å². The molecule has 0 spiro atoms. The van der Waals surface area contributed by atoms with Gasteiger partial charge in [-0.1, -0.05) is 80.8 Å². The Hall–Kier alpha value is -2.81. The third-order valence-electron chi connectivity index (χ3n) is 6.20. The van der Waals surface area contributed by atoms with Crippen LogP contribution < -0.4 is 10.1 Å². The highest BCUT2D eigenvalue weighted by molar-refractivity contribution is 6.07. The van der Waals surface area contributed by atoms with Crippen LogP contribution in [-0.4, -0.2) is 12.5 Å². The molecule has 4 rings (SSSR count). The molecule has 1 amide bonds. The Morgan fingerprint density at radius 2 is 1.63 bits per heavy atom. The Balaban J connectivity index is 1.67. The molecule has 1 saturated carbocycles. The summed E-state index contributed by atoms with van der Waals surface area (Å²) >= 11 is 0. The summed E-state index contributed by atoms with van der Waals surface area (Å²) in [6, 6.07) is 20.6. The van der Waals surface area contributed by atoms with Gasteiger partial charge < -0.3 is 10.1 Å². The van der Waals surface area contributed by atoms with Crippen LogP contribution in [0, 0.1) is 12.8 Å². The molecule has 0 saturated heterocycles. The Morgan fingerprint density at radius 1 is 0.967 bits per heavy atom. The number of hydrogen-bond acceptors (Lipinski definition) is 2. The molecule has 3 heteroatoms. The first-order valence-corrected chi connectivity index (χ1v) is 11.0. The average Bonchev–Trinajstić information content (AvgIpc) is 3.25. The van der Waals surface area contributed by atoms with Crippen LogP contribution in [0.1, 0.15) is 50.7 Å². The van der Waals surface area contributed by atoms with E-state index in [-0.39, 0.29) is 5.91 Å². The smallest absolute Gasteiger partial charge is 0.235 e. The zero-order valence-electron chi connectivity index (χ0n) is 18.2. The van der Waals surface area contributed by atoms with Gasteiger partial charge in [0.05, 0.1) is 12.0 Å². The summed E-state index contributed by atoms with van der Waals surface area (Å²) in [6.45, 7) is 7.04. The van der Waals surface area contributed by atoms with Crippen molar-refractivity contribution >= 4 is 22.4 Å². The van der Waals surface area contributed by atoms with E-state index >= 15 is 0 Å². The minimum absolute atomic E-state index is 0.102. The van der Waals surface area contributed by atoms with Crippen LogP contribution >= 0.6 is 0 Å². The fraction of sp³-hybridized carbons (Fsp3) is 0.370. The van der Waals surface area contributed by atoms with Gasteiger partial charge >= 0.3 is 0 Å². The van der Waals surface area contributed by atoms with Crippen molar-refractivity contribution in [1.29, 1.82) is 0 Å². The Bertz CT molecular complexity index is 1030. The molecular weight excluding hydrogens is 370 g/mol. The van der Waals surface area contributed by atoms with Crippen molar-refractivity contribution in [2.45, 2.75) is 51.9 Å². The monoisotopic (exact) mass is 401 g/mol. The van der Waals surface area contributed by atoms with Gasteiger partial charge in [0.25, 0.3) is 0 Å². The van der Waals surface area contributed by atoms with Gasteiger partial charge in [-0.2, -0.15) is 0 Å². The molecule has 3 aromatic carbocycles. The standard InChI is InChI=1S/C27H31NO2/c1-19(2)18-30-25-15-14-24(22-8-4-5-9-23(22)25)28-26(29)27(16-6-7-17-27)21-12-10-20(3)11-13-21/h4-5,8-15,19H,6-7,16-18H2,1-3H3,(H,28,29). The number of amides is 1. The molecular formula is C27H31NO2. The predicted octanol–water partition coefficient (Wildman–Crippen LogP) is 6.63. The fourth-order valence-electron chi connectivity index (χ4n) is 4.50. The van der Waals surface area contributed by atoms with E-state index < -0.39 is 5.41 Å². The van der Waals surface area contributed by atoms with E-state index in [0.717, 1.165) is 53.5 Å². The molecule has 0 unspecified atom stereocenters. The molecule has 0 bridgehead atoms. The number of benzene rings is 3. The summed E-state index contributed by atoms with van der Waals surface area (Å²) in [7, 11) is 0. The number of nitrogens with one attached hydrogen (secondary N) is 1. The fourth-order valence-corrected chi connectivity index (χ4v) is 4.50. The van der Waals surface area contributed by atoms with Gasteiger partial charge in [-0.15, -0.1) is 0 Å². The summed E-state index contributed by atoms with van der Waals surface area (Å²) < 4.78 is 6.03. The van der Waals surface area contributed by atoms with E-state index in [1.54, 1.807) is 0 Å². The lowest BCUT2D eigenvalue weighted by atomic mass is 9.77.